The molecule has 0 atom stereocenters. The van der Waals surface area contributed by atoms with Gasteiger partial charge in [-0.25, -0.2) is 0 Å². The molecule has 0 unspecified atom stereocenters. The van der Waals surface area contributed by atoms with Crippen LogP contribution in [0.1, 0.15) is 62.3 Å². The zero-order valence-corrected chi connectivity index (χ0v) is 25.7. The lowest BCUT2D eigenvalue weighted by Gasteiger charge is -2.32. The molecule has 0 aromatic heterocycles. The molecule has 0 spiro atoms. The van der Waals surface area contributed by atoms with Crippen LogP contribution in [-0.2, 0) is 9.31 Å². The molecule has 1 aliphatic heterocycles. The van der Waals surface area contributed by atoms with E-state index in [0.717, 1.165) is 11.0 Å². The lowest BCUT2D eigenvalue weighted by atomic mass is 9.78. The predicted octanol–water partition coefficient (Wildman–Crippen LogP) is 8.79. The second kappa shape index (κ2) is 13.0. The van der Waals surface area contributed by atoms with Crippen molar-refractivity contribution >= 4 is 12.6 Å². The van der Waals surface area contributed by atoms with Gasteiger partial charge in [0.15, 0.2) is 0 Å². The molecule has 4 aromatic rings. The highest BCUT2D eigenvalue weighted by Gasteiger charge is 2.51. The number of rotatable bonds is 4. The summed E-state index contributed by atoms with van der Waals surface area (Å²) in [5.41, 5.74) is 6.96. The highest BCUT2D eigenvalue weighted by atomic mass is 16.7. The number of hydrogen-bond donors (Lipinski definition) is 1. The van der Waals surface area contributed by atoms with Crippen LogP contribution in [0.3, 0.4) is 0 Å². The molecule has 1 fully saturated rings. The fraction of sp³-hybridized carbons (Fsp3) is 0.333. The first kappa shape index (κ1) is 31.4. The first-order valence-electron chi connectivity index (χ1n) is 14.3. The Morgan fingerprint density at radius 2 is 0.875 bits per heavy atom. The predicted molar refractivity (Wildman–Crippen MR) is 172 cm³/mol. The minimum atomic E-state index is -0.500. The van der Waals surface area contributed by atoms with Crippen molar-refractivity contribution in [3.63, 3.8) is 0 Å². The Hall–Kier alpha value is -3.18. The fourth-order valence-electron chi connectivity index (χ4n) is 4.23. The SMILES string of the molecule is CC.CC(C)(C)O.CC1(C)OB(c2cccc(-c3cc(-c4ccccc4)cc(-c4ccccc4)c3)c2)OC1(C)C. The Balaban J connectivity index is 0.000000570. The fourth-order valence-corrected chi connectivity index (χ4v) is 4.23. The van der Waals surface area contributed by atoms with Crippen molar-refractivity contribution in [2.45, 2.75) is 79.1 Å². The zero-order chi connectivity index (χ0) is 29.6. The summed E-state index contributed by atoms with van der Waals surface area (Å²) in [6.07, 6.45) is 0. The molecule has 1 saturated heterocycles. The van der Waals surface area contributed by atoms with Gasteiger partial charge in [0.05, 0.1) is 16.8 Å². The van der Waals surface area contributed by atoms with Crippen molar-refractivity contribution in [3.05, 3.63) is 103 Å². The van der Waals surface area contributed by atoms with Crippen molar-refractivity contribution in [2.24, 2.45) is 0 Å². The van der Waals surface area contributed by atoms with Gasteiger partial charge in [-0.3, -0.25) is 0 Å². The number of benzene rings is 4. The van der Waals surface area contributed by atoms with E-state index in [1.165, 1.54) is 27.8 Å². The van der Waals surface area contributed by atoms with Crippen molar-refractivity contribution < 1.29 is 14.4 Å². The van der Waals surface area contributed by atoms with Gasteiger partial charge in [0.2, 0.25) is 0 Å². The molecule has 0 bridgehead atoms. The third-order valence-electron chi connectivity index (χ3n) is 6.89. The van der Waals surface area contributed by atoms with Crippen molar-refractivity contribution in [1.29, 1.82) is 0 Å². The van der Waals surface area contributed by atoms with Gasteiger partial charge < -0.3 is 14.4 Å². The van der Waals surface area contributed by atoms with Crippen molar-refractivity contribution in [2.75, 3.05) is 0 Å². The Bertz CT molecular complexity index is 1280. The first-order valence-corrected chi connectivity index (χ1v) is 14.3. The summed E-state index contributed by atoms with van der Waals surface area (Å²) < 4.78 is 12.6. The molecule has 4 heteroatoms. The molecular weight excluding hydrogens is 491 g/mol. The third-order valence-corrected chi connectivity index (χ3v) is 6.89. The summed E-state index contributed by atoms with van der Waals surface area (Å²) in [6, 6.07) is 36.4. The van der Waals surface area contributed by atoms with Crippen LogP contribution in [0.25, 0.3) is 33.4 Å². The van der Waals surface area contributed by atoms with E-state index in [9.17, 15) is 0 Å². The van der Waals surface area contributed by atoms with E-state index in [0.29, 0.717) is 0 Å². The average Bonchev–Trinajstić information content (AvgIpc) is 3.16. The molecule has 0 radical (unpaired) electrons. The van der Waals surface area contributed by atoms with Gasteiger partial charge in [0, 0.05) is 0 Å². The van der Waals surface area contributed by atoms with Gasteiger partial charge in [-0.15, -0.1) is 0 Å². The summed E-state index contributed by atoms with van der Waals surface area (Å²) in [5, 5.41) is 8.52. The lowest BCUT2D eigenvalue weighted by molar-refractivity contribution is 0.00578. The molecule has 40 heavy (non-hydrogen) atoms. The van der Waals surface area contributed by atoms with Crippen LogP contribution in [0, 0.1) is 0 Å². The van der Waals surface area contributed by atoms with Crippen LogP contribution < -0.4 is 5.46 Å². The summed E-state index contributed by atoms with van der Waals surface area (Å²) in [7, 11) is -0.374. The maximum Gasteiger partial charge on any atom is 0.494 e. The monoisotopic (exact) mass is 536 g/mol. The van der Waals surface area contributed by atoms with E-state index in [-0.39, 0.29) is 18.3 Å². The van der Waals surface area contributed by atoms with E-state index in [2.05, 4.69) is 131 Å². The Morgan fingerprint density at radius 3 is 1.27 bits per heavy atom. The largest absolute Gasteiger partial charge is 0.494 e. The van der Waals surface area contributed by atoms with Crippen molar-refractivity contribution in [1.82, 2.24) is 0 Å². The maximum absolute atomic E-state index is 8.52. The number of hydrogen-bond acceptors (Lipinski definition) is 3. The van der Waals surface area contributed by atoms with Crippen LogP contribution in [0.2, 0.25) is 0 Å². The maximum atomic E-state index is 8.52. The normalized spacial score (nSPS) is 15.4. The van der Waals surface area contributed by atoms with Gasteiger partial charge in [0.25, 0.3) is 0 Å². The van der Waals surface area contributed by atoms with Gasteiger partial charge in [-0.1, -0.05) is 98.8 Å². The van der Waals surface area contributed by atoms with Gasteiger partial charge in [-0.05, 0) is 106 Å². The summed E-state index contributed by atoms with van der Waals surface area (Å²) in [4.78, 5) is 0. The molecule has 0 saturated carbocycles. The van der Waals surface area contributed by atoms with E-state index in [4.69, 9.17) is 14.4 Å². The molecule has 0 amide bonds. The summed E-state index contributed by atoms with van der Waals surface area (Å²) >= 11 is 0. The molecule has 4 aromatic carbocycles. The highest BCUT2D eigenvalue weighted by Crippen LogP contribution is 2.37. The average molecular weight is 537 g/mol. The molecule has 210 valence electrons. The lowest BCUT2D eigenvalue weighted by Crippen LogP contribution is -2.41. The minimum Gasteiger partial charge on any atom is -0.399 e. The third kappa shape index (κ3) is 8.17. The molecular formula is C36H45BO3. The van der Waals surface area contributed by atoms with Crippen LogP contribution in [0.4, 0.5) is 0 Å². The molecule has 1 heterocycles. The quantitative estimate of drug-likeness (QED) is 0.265. The molecule has 5 rings (SSSR count). The Kier molecular flexibility index (Phi) is 10.2. The number of aliphatic hydroxyl groups is 1. The van der Waals surface area contributed by atoms with E-state index in [1.54, 1.807) is 20.8 Å². The van der Waals surface area contributed by atoms with E-state index in [1.807, 2.05) is 13.8 Å². The van der Waals surface area contributed by atoms with E-state index >= 15 is 0 Å². The Labute approximate surface area is 242 Å². The van der Waals surface area contributed by atoms with Gasteiger partial charge in [-0.2, -0.15) is 0 Å². The highest BCUT2D eigenvalue weighted by molar-refractivity contribution is 6.62. The van der Waals surface area contributed by atoms with Crippen LogP contribution in [0.5, 0.6) is 0 Å². The summed E-state index contributed by atoms with van der Waals surface area (Å²) in [5.74, 6) is 0. The second-order valence-electron chi connectivity index (χ2n) is 11.9. The van der Waals surface area contributed by atoms with Gasteiger partial charge in [0.1, 0.15) is 0 Å². The van der Waals surface area contributed by atoms with Crippen LogP contribution >= 0.6 is 0 Å². The molecule has 1 N–H and O–H groups in total. The molecule has 0 aliphatic carbocycles. The van der Waals surface area contributed by atoms with E-state index < -0.39 is 5.60 Å². The standard InChI is InChI=1S/C30H29BO2.C4H10O.C2H6/c1-29(2)30(3,4)33-31(32-29)28-17-11-16-24(21-28)27-19-25(22-12-7-5-8-13-22)18-26(20-27)23-14-9-6-10-15-23;1-4(2,3)5;1-2/h5-21H,1-4H3;5H,1-3H3;1-2H3. The first-order chi connectivity index (χ1) is 18.8. The van der Waals surface area contributed by atoms with Gasteiger partial charge >= 0.3 is 7.12 Å². The molecule has 3 nitrogen and oxygen atoms in total. The smallest absolute Gasteiger partial charge is 0.399 e. The van der Waals surface area contributed by atoms with Crippen LogP contribution in [0.15, 0.2) is 103 Å². The minimum absolute atomic E-state index is 0.360. The molecule has 1 aliphatic rings. The van der Waals surface area contributed by atoms with Crippen molar-refractivity contribution in [3.8, 4) is 33.4 Å². The van der Waals surface area contributed by atoms with Crippen LogP contribution in [-0.4, -0.2) is 29.0 Å². The topological polar surface area (TPSA) is 38.7 Å². The zero-order valence-electron chi connectivity index (χ0n) is 25.7. The summed E-state index contributed by atoms with van der Waals surface area (Å²) in [6.45, 7) is 17.6. The second-order valence-corrected chi connectivity index (χ2v) is 11.9. The Morgan fingerprint density at radius 1 is 0.525 bits per heavy atom.